The third-order valence-electron chi connectivity index (χ3n) is 7.27. The highest BCUT2D eigenvalue weighted by Crippen LogP contribution is 2.47. The van der Waals surface area contributed by atoms with Crippen molar-refractivity contribution < 1.29 is 14.9 Å². The number of nitrogens with one attached hydrogen (secondary N) is 1. The average Bonchev–Trinajstić information content (AvgIpc) is 3.24. The lowest BCUT2D eigenvalue weighted by Gasteiger charge is -2.26. The second kappa shape index (κ2) is 11.8. The van der Waals surface area contributed by atoms with Gasteiger partial charge in [-0.1, -0.05) is 43.6 Å². The van der Waals surface area contributed by atoms with Gasteiger partial charge in [-0.2, -0.15) is 0 Å². The van der Waals surface area contributed by atoms with Gasteiger partial charge in [0.2, 0.25) is 0 Å². The van der Waals surface area contributed by atoms with Crippen LogP contribution in [0.1, 0.15) is 58.8 Å². The third-order valence-corrected chi connectivity index (χ3v) is 7.27. The number of morpholine rings is 1. The Morgan fingerprint density at radius 2 is 2.10 bits per heavy atom. The summed E-state index contributed by atoms with van der Waals surface area (Å²) in [5.74, 6) is 1.30. The zero-order valence-corrected chi connectivity index (χ0v) is 19.2. The molecule has 0 amide bonds. The van der Waals surface area contributed by atoms with Gasteiger partial charge < -0.3 is 20.3 Å². The van der Waals surface area contributed by atoms with Crippen LogP contribution >= 0.6 is 0 Å². The summed E-state index contributed by atoms with van der Waals surface area (Å²) in [5, 5.41) is 24.6. The average molecular weight is 421 g/mol. The molecule has 2 unspecified atom stereocenters. The molecule has 5 atom stereocenters. The largest absolute Gasteiger partial charge is 0.392 e. The number of allylic oxidation sites excluding steroid dienone is 1. The second-order valence-electron chi connectivity index (χ2n) is 9.92. The van der Waals surface area contributed by atoms with E-state index < -0.39 is 5.60 Å². The molecule has 1 heterocycles. The standard InChI is InChI=1S/C25H44N2O3/c1-3-4-8-25(2,29)9-5-6-22-23-18-20(17-21(23)19-24(22)28)7-10-26-11-12-27-13-15-30-16-14-27/h5-6,17,21-24,26,28-29H,3-4,7-16,18-19H2,1-2H3/b6-5+/t21-,22?,23?,24+,25-/m0/s1. The molecule has 1 saturated carbocycles. The van der Waals surface area contributed by atoms with E-state index in [0.29, 0.717) is 18.3 Å². The maximum Gasteiger partial charge on any atom is 0.0654 e. The molecule has 2 aliphatic carbocycles. The Balaban J connectivity index is 1.36. The lowest BCUT2D eigenvalue weighted by molar-refractivity contribution is 0.0384. The van der Waals surface area contributed by atoms with E-state index in [-0.39, 0.29) is 12.0 Å². The Morgan fingerprint density at radius 1 is 1.30 bits per heavy atom. The van der Waals surface area contributed by atoms with Crippen molar-refractivity contribution in [2.45, 2.75) is 70.5 Å². The SMILES string of the molecule is CCCC[C@](C)(O)C/C=C/C1C2CC(CCNCCN3CCOCC3)=C[C@H]2C[C@H]1O. The lowest BCUT2D eigenvalue weighted by Crippen LogP contribution is -2.40. The normalized spacial score (nSPS) is 31.8. The molecule has 30 heavy (non-hydrogen) atoms. The van der Waals surface area contributed by atoms with Crippen molar-refractivity contribution >= 4 is 0 Å². The number of hydrogen-bond donors (Lipinski definition) is 3. The summed E-state index contributed by atoms with van der Waals surface area (Å²) in [7, 11) is 0. The molecular weight excluding hydrogens is 376 g/mol. The Bertz CT molecular complexity index is 569. The quantitative estimate of drug-likeness (QED) is 0.334. The van der Waals surface area contributed by atoms with E-state index in [0.717, 1.165) is 84.5 Å². The van der Waals surface area contributed by atoms with Gasteiger partial charge in [-0.25, -0.2) is 0 Å². The molecule has 5 heteroatoms. The maximum atomic E-state index is 10.6. The summed E-state index contributed by atoms with van der Waals surface area (Å²) in [6.07, 6.45) is 13.4. The molecule has 0 radical (unpaired) electrons. The summed E-state index contributed by atoms with van der Waals surface area (Å²) in [6.45, 7) is 11.1. The van der Waals surface area contributed by atoms with Gasteiger partial charge in [-0.15, -0.1) is 0 Å². The number of hydrogen-bond acceptors (Lipinski definition) is 5. The molecule has 3 rings (SSSR count). The fourth-order valence-corrected chi connectivity index (χ4v) is 5.37. The van der Waals surface area contributed by atoms with E-state index in [1.54, 1.807) is 5.57 Å². The molecule has 0 spiro atoms. The number of nitrogens with zero attached hydrogens (tertiary/aromatic N) is 1. The molecule has 172 valence electrons. The topological polar surface area (TPSA) is 65.0 Å². The molecule has 0 aromatic rings. The highest BCUT2D eigenvalue weighted by molar-refractivity contribution is 5.21. The van der Waals surface area contributed by atoms with E-state index in [1.165, 1.54) is 0 Å². The first-order valence-electron chi connectivity index (χ1n) is 12.3. The van der Waals surface area contributed by atoms with E-state index >= 15 is 0 Å². The lowest BCUT2D eigenvalue weighted by atomic mass is 9.88. The molecule has 2 fully saturated rings. The first-order valence-corrected chi connectivity index (χ1v) is 12.3. The molecule has 0 aromatic carbocycles. The third kappa shape index (κ3) is 7.16. The number of aliphatic hydroxyl groups excluding tert-OH is 1. The van der Waals surface area contributed by atoms with Gasteiger partial charge in [-0.05, 0) is 57.4 Å². The Kier molecular flexibility index (Phi) is 9.39. The summed E-state index contributed by atoms with van der Waals surface area (Å²) in [6, 6.07) is 0. The van der Waals surface area contributed by atoms with Crippen molar-refractivity contribution in [1.82, 2.24) is 10.2 Å². The zero-order chi connectivity index (χ0) is 21.4. The van der Waals surface area contributed by atoms with Gasteiger partial charge >= 0.3 is 0 Å². The first-order chi connectivity index (χ1) is 14.5. The molecule has 1 saturated heterocycles. The molecule has 3 N–H and O–H groups in total. The van der Waals surface area contributed by atoms with Crippen molar-refractivity contribution in [1.29, 1.82) is 0 Å². The van der Waals surface area contributed by atoms with Crippen LogP contribution in [0.3, 0.4) is 0 Å². The molecular formula is C25H44N2O3. The molecule has 0 bridgehead atoms. The Morgan fingerprint density at radius 3 is 2.87 bits per heavy atom. The van der Waals surface area contributed by atoms with Crippen molar-refractivity contribution in [2.75, 3.05) is 45.9 Å². The van der Waals surface area contributed by atoms with Gasteiger partial charge in [0.25, 0.3) is 0 Å². The summed E-state index contributed by atoms with van der Waals surface area (Å²) < 4.78 is 5.40. The molecule has 1 aliphatic heterocycles. The number of ether oxygens (including phenoxy) is 1. The van der Waals surface area contributed by atoms with Crippen LogP contribution in [0.15, 0.2) is 23.8 Å². The summed E-state index contributed by atoms with van der Waals surface area (Å²) in [5.41, 5.74) is 0.936. The van der Waals surface area contributed by atoms with E-state index in [9.17, 15) is 10.2 Å². The fourth-order valence-electron chi connectivity index (χ4n) is 5.37. The van der Waals surface area contributed by atoms with Crippen LogP contribution in [0.25, 0.3) is 0 Å². The second-order valence-corrected chi connectivity index (χ2v) is 9.92. The number of unbranched alkanes of at least 4 members (excludes halogenated alkanes) is 1. The predicted octanol–water partition coefficient (Wildman–Crippen LogP) is 3.13. The number of rotatable bonds is 12. The molecule has 5 nitrogen and oxygen atoms in total. The highest BCUT2D eigenvalue weighted by Gasteiger charge is 2.43. The van der Waals surface area contributed by atoms with Crippen LogP contribution in [-0.2, 0) is 4.74 Å². The van der Waals surface area contributed by atoms with E-state index in [1.807, 2.05) is 6.92 Å². The van der Waals surface area contributed by atoms with Gasteiger partial charge in [0.15, 0.2) is 0 Å². The van der Waals surface area contributed by atoms with Crippen molar-refractivity contribution in [3.05, 3.63) is 23.8 Å². The van der Waals surface area contributed by atoms with Crippen LogP contribution in [0.4, 0.5) is 0 Å². The highest BCUT2D eigenvalue weighted by atomic mass is 16.5. The van der Waals surface area contributed by atoms with Crippen LogP contribution in [-0.4, -0.2) is 72.8 Å². The van der Waals surface area contributed by atoms with Gasteiger partial charge in [0.05, 0.1) is 24.9 Å². The van der Waals surface area contributed by atoms with Gasteiger partial charge in [-0.3, -0.25) is 4.90 Å². The minimum absolute atomic E-state index is 0.235. The Labute approximate surface area is 183 Å². The number of fused-ring (bicyclic) bond motifs is 1. The summed E-state index contributed by atoms with van der Waals surface area (Å²) in [4.78, 5) is 2.47. The molecule has 0 aromatic heterocycles. The molecule has 3 aliphatic rings. The minimum atomic E-state index is -0.624. The smallest absolute Gasteiger partial charge is 0.0654 e. The van der Waals surface area contributed by atoms with Crippen molar-refractivity contribution in [3.63, 3.8) is 0 Å². The summed E-state index contributed by atoms with van der Waals surface area (Å²) >= 11 is 0. The van der Waals surface area contributed by atoms with Crippen LogP contribution < -0.4 is 5.32 Å². The zero-order valence-electron chi connectivity index (χ0n) is 19.2. The predicted molar refractivity (Wildman–Crippen MR) is 122 cm³/mol. The Hall–Kier alpha value is -0.720. The maximum absolute atomic E-state index is 10.6. The van der Waals surface area contributed by atoms with Crippen molar-refractivity contribution in [2.24, 2.45) is 17.8 Å². The number of aliphatic hydroxyl groups is 2. The fraction of sp³-hybridized carbons (Fsp3) is 0.840. The van der Waals surface area contributed by atoms with E-state index in [2.05, 4.69) is 35.4 Å². The first kappa shape index (κ1) is 23.9. The van der Waals surface area contributed by atoms with Crippen molar-refractivity contribution in [3.8, 4) is 0 Å². The van der Waals surface area contributed by atoms with Gasteiger partial charge in [0, 0.05) is 32.1 Å². The van der Waals surface area contributed by atoms with Crippen LogP contribution in [0.5, 0.6) is 0 Å². The van der Waals surface area contributed by atoms with Crippen LogP contribution in [0, 0.1) is 17.8 Å². The van der Waals surface area contributed by atoms with Crippen LogP contribution in [0.2, 0.25) is 0 Å². The minimum Gasteiger partial charge on any atom is -0.392 e. The van der Waals surface area contributed by atoms with E-state index in [4.69, 9.17) is 4.74 Å². The van der Waals surface area contributed by atoms with Gasteiger partial charge in [0.1, 0.15) is 0 Å². The monoisotopic (exact) mass is 420 g/mol.